The predicted molar refractivity (Wildman–Crippen MR) is 100 cm³/mol. The van der Waals surface area contributed by atoms with E-state index >= 15 is 0 Å². The van der Waals surface area contributed by atoms with Crippen LogP contribution in [-0.2, 0) is 0 Å². The van der Waals surface area contributed by atoms with E-state index in [1.54, 1.807) is 12.1 Å². The van der Waals surface area contributed by atoms with Gasteiger partial charge in [-0.2, -0.15) is 0 Å². The molecule has 0 aliphatic heterocycles. The molecule has 1 atom stereocenters. The van der Waals surface area contributed by atoms with Crippen LogP contribution in [0.1, 0.15) is 44.0 Å². The highest BCUT2D eigenvalue weighted by molar-refractivity contribution is 5.95. The van der Waals surface area contributed by atoms with E-state index in [-0.39, 0.29) is 11.9 Å². The van der Waals surface area contributed by atoms with Gasteiger partial charge in [-0.1, -0.05) is 13.8 Å². The lowest BCUT2D eigenvalue weighted by Gasteiger charge is -2.20. The summed E-state index contributed by atoms with van der Waals surface area (Å²) in [6, 6.07) is 3.43. The van der Waals surface area contributed by atoms with Crippen LogP contribution in [-0.4, -0.2) is 57.8 Å². The van der Waals surface area contributed by atoms with Crippen LogP contribution in [0.3, 0.4) is 0 Å². The molecule has 0 fully saturated rings. The molecule has 0 saturated carbocycles. The second-order valence-corrected chi connectivity index (χ2v) is 5.96. The summed E-state index contributed by atoms with van der Waals surface area (Å²) in [6.45, 7) is 9.53. The van der Waals surface area contributed by atoms with Gasteiger partial charge in [0.15, 0.2) is 11.5 Å². The summed E-state index contributed by atoms with van der Waals surface area (Å²) in [5.74, 6) is 1.28. The molecule has 0 radical (unpaired) electrons. The first-order valence-electron chi connectivity index (χ1n) is 8.83. The normalized spacial score (nSPS) is 12.0. The molecule has 25 heavy (non-hydrogen) atoms. The molecule has 1 unspecified atom stereocenters. The maximum absolute atomic E-state index is 12.5. The zero-order valence-electron chi connectivity index (χ0n) is 16.3. The number of carbonyl (C=O) groups is 1. The first kappa shape index (κ1) is 21.1. The van der Waals surface area contributed by atoms with Crippen LogP contribution in [0, 0.1) is 0 Å². The predicted octanol–water partition coefficient (Wildman–Crippen LogP) is 2.95. The van der Waals surface area contributed by atoms with E-state index in [2.05, 4.69) is 24.1 Å². The fourth-order valence-electron chi connectivity index (χ4n) is 2.75. The monoisotopic (exact) mass is 352 g/mol. The highest BCUT2D eigenvalue weighted by atomic mass is 16.5. The van der Waals surface area contributed by atoms with Gasteiger partial charge in [0.1, 0.15) is 0 Å². The molecule has 0 aliphatic rings. The van der Waals surface area contributed by atoms with Crippen molar-refractivity contribution in [2.75, 3.05) is 41.0 Å². The fraction of sp³-hybridized carbons (Fsp3) is 0.632. The number of hydrogen-bond donors (Lipinski definition) is 1. The van der Waals surface area contributed by atoms with Gasteiger partial charge in [-0.15, -0.1) is 0 Å². The number of benzene rings is 1. The van der Waals surface area contributed by atoms with Gasteiger partial charge < -0.3 is 24.4 Å². The van der Waals surface area contributed by atoms with Crippen molar-refractivity contribution >= 4 is 5.91 Å². The lowest BCUT2D eigenvalue weighted by molar-refractivity contribution is 0.0936. The Bertz CT molecular complexity index is 519. The molecular formula is C19H32N2O4. The number of carbonyl (C=O) groups excluding carboxylic acids is 1. The average Bonchev–Trinajstić information content (AvgIpc) is 2.63. The summed E-state index contributed by atoms with van der Waals surface area (Å²) < 4.78 is 15.9. The van der Waals surface area contributed by atoms with Crippen molar-refractivity contribution < 1.29 is 19.0 Å². The van der Waals surface area contributed by atoms with E-state index < -0.39 is 0 Å². The first-order valence-corrected chi connectivity index (χ1v) is 8.83. The molecule has 0 saturated heterocycles. The lowest BCUT2D eigenvalue weighted by Crippen LogP contribution is -2.33. The Labute approximate surface area is 151 Å². The van der Waals surface area contributed by atoms with Crippen LogP contribution >= 0.6 is 0 Å². The van der Waals surface area contributed by atoms with Crippen molar-refractivity contribution in [3.05, 3.63) is 17.7 Å². The average molecular weight is 352 g/mol. The number of nitrogens with zero attached hydrogens (tertiary/aromatic N) is 1. The number of nitrogens with one attached hydrogen (secondary N) is 1. The Morgan fingerprint density at radius 1 is 1.08 bits per heavy atom. The summed E-state index contributed by atoms with van der Waals surface area (Å²) in [4.78, 5) is 14.9. The van der Waals surface area contributed by atoms with Gasteiger partial charge in [-0.3, -0.25) is 4.79 Å². The third-order valence-corrected chi connectivity index (χ3v) is 4.31. The number of methoxy groups -OCH3 is 3. The van der Waals surface area contributed by atoms with Gasteiger partial charge in [0.25, 0.3) is 5.91 Å². The number of rotatable bonds is 11. The summed E-state index contributed by atoms with van der Waals surface area (Å²) >= 11 is 0. The van der Waals surface area contributed by atoms with E-state index in [0.29, 0.717) is 22.8 Å². The van der Waals surface area contributed by atoms with E-state index in [9.17, 15) is 4.79 Å². The smallest absolute Gasteiger partial charge is 0.251 e. The first-order chi connectivity index (χ1) is 12.0. The summed E-state index contributed by atoms with van der Waals surface area (Å²) in [6.07, 6.45) is 1.99. The Kier molecular flexibility index (Phi) is 9.13. The Balaban J connectivity index is 2.70. The number of ether oxygens (including phenoxy) is 3. The molecule has 0 aliphatic carbocycles. The molecule has 1 aromatic rings. The van der Waals surface area contributed by atoms with Crippen LogP contribution < -0.4 is 19.5 Å². The quantitative estimate of drug-likeness (QED) is 0.663. The van der Waals surface area contributed by atoms with E-state index in [1.807, 2.05) is 6.92 Å². The van der Waals surface area contributed by atoms with E-state index in [0.717, 1.165) is 32.5 Å². The molecular weight excluding hydrogens is 320 g/mol. The molecule has 0 bridgehead atoms. The summed E-state index contributed by atoms with van der Waals surface area (Å²) in [7, 11) is 4.61. The SMILES string of the molecule is CCN(CC)CCCC(C)NC(=O)c1cc(OC)c(OC)c(OC)c1. The Morgan fingerprint density at radius 3 is 2.08 bits per heavy atom. The van der Waals surface area contributed by atoms with Crippen LogP contribution in [0.25, 0.3) is 0 Å². The van der Waals surface area contributed by atoms with Gasteiger partial charge in [-0.25, -0.2) is 0 Å². The van der Waals surface area contributed by atoms with Crippen LogP contribution in [0.15, 0.2) is 12.1 Å². The molecule has 1 amide bonds. The van der Waals surface area contributed by atoms with Gasteiger partial charge in [-0.05, 0) is 51.5 Å². The van der Waals surface area contributed by atoms with Crippen LogP contribution in [0.4, 0.5) is 0 Å². The van der Waals surface area contributed by atoms with Crippen molar-refractivity contribution in [2.45, 2.75) is 39.7 Å². The summed E-state index contributed by atoms with van der Waals surface area (Å²) in [5.41, 5.74) is 0.491. The number of amides is 1. The molecule has 0 spiro atoms. The fourth-order valence-corrected chi connectivity index (χ4v) is 2.75. The second-order valence-electron chi connectivity index (χ2n) is 5.96. The maximum Gasteiger partial charge on any atom is 0.251 e. The van der Waals surface area contributed by atoms with Crippen LogP contribution in [0.5, 0.6) is 17.2 Å². The molecule has 1 aromatic carbocycles. The molecule has 1 rings (SSSR count). The van der Waals surface area contributed by atoms with Crippen molar-refractivity contribution in [1.82, 2.24) is 10.2 Å². The minimum Gasteiger partial charge on any atom is -0.493 e. The van der Waals surface area contributed by atoms with Crippen molar-refractivity contribution in [3.63, 3.8) is 0 Å². The zero-order valence-corrected chi connectivity index (χ0v) is 16.3. The third-order valence-electron chi connectivity index (χ3n) is 4.31. The van der Waals surface area contributed by atoms with Gasteiger partial charge in [0, 0.05) is 11.6 Å². The van der Waals surface area contributed by atoms with Crippen LogP contribution in [0.2, 0.25) is 0 Å². The largest absolute Gasteiger partial charge is 0.493 e. The second kappa shape index (κ2) is 10.8. The van der Waals surface area contributed by atoms with Crippen molar-refractivity contribution in [3.8, 4) is 17.2 Å². The lowest BCUT2D eigenvalue weighted by atomic mass is 10.1. The third kappa shape index (κ3) is 6.12. The molecule has 142 valence electrons. The van der Waals surface area contributed by atoms with Crippen molar-refractivity contribution in [2.24, 2.45) is 0 Å². The molecule has 6 nitrogen and oxygen atoms in total. The van der Waals surface area contributed by atoms with E-state index in [1.165, 1.54) is 21.3 Å². The van der Waals surface area contributed by atoms with Gasteiger partial charge >= 0.3 is 0 Å². The Morgan fingerprint density at radius 2 is 1.64 bits per heavy atom. The highest BCUT2D eigenvalue weighted by Crippen LogP contribution is 2.38. The molecule has 0 heterocycles. The summed E-state index contributed by atoms with van der Waals surface area (Å²) in [5, 5.41) is 3.04. The molecule has 0 aromatic heterocycles. The van der Waals surface area contributed by atoms with Crippen molar-refractivity contribution in [1.29, 1.82) is 0 Å². The number of hydrogen-bond acceptors (Lipinski definition) is 5. The minimum atomic E-state index is -0.144. The maximum atomic E-state index is 12.5. The van der Waals surface area contributed by atoms with E-state index in [4.69, 9.17) is 14.2 Å². The molecule has 1 N–H and O–H groups in total. The topological polar surface area (TPSA) is 60.0 Å². The highest BCUT2D eigenvalue weighted by Gasteiger charge is 2.18. The Hall–Kier alpha value is -1.95. The van der Waals surface area contributed by atoms with Gasteiger partial charge in [0.05, 0.1) is 21.3 Å². The standard InChI is InChI=1S/C19H32N2O4/c1-7-21(8-2)11-9-10-14(3)20-19(22)15-12-16(23-4)18(25-6)17(13-15)24-5/h12-14H,7-11H2,1-6H3,(H,20,22). The minimum absolute atomic E-state index is 0.0992. The zero-order chi connectivity index (χ0) is 18.8. The van der Waals surface area contributed by atoms with Gasteiger partial charge in [0.2, 0.25) is 5.75 Å². The molecule has 6 heteroatoms.